The van der Waals surface area contributed by atoms with E-state index in [0.717, 1.165) is 16.3 Å². The van der Waals surface area contributed by atoms with Crippen LogP contribution >= 0.6 is 11.3 Å². The van der Waals surface area contributed by atoms with Crippen molar-refractivity contribution in [3.63, 3.8) is 0 Å². The number of hydrogen-bond acceptors (Lipinski definition) is 4. The molecule has 0 bridgehead atoms. The van der Waals surface area contributed by atoms with Gasteiger partial charge in [0, 0.05) is 23.7 Å². The summed E-state index contributed by atoms with van der Waals surface area (Å²) in [5.74, 6) is 0.166. The lowest BCUT2D eigenvalue weighted by Gasteiger charge is -2.13. The summed E-state index contributed by atoms with van der Waals surface area (Å²) >= 11 is 1.29. The molecule has 0 saturated heterocycles. The minimum absolute atomic E-state index is 0.166. The van der Waals surface area contributed by atoms with Crippen LogP contribution in [-0.4, -0.2) is 24.7 Å². The van der Waals surface area contributed by atoms with Crippen molar-refractivity contribution in [2.45, 2.75) is 38.4 Å². The van der Waals surface area contributed by atoms with Gasteiger partial charge in [-0.2, -0.15) is 5.10 Å². The van der Waals surface area contributed by atoms with E-state index in [1.807, 2.05) is 44.5 Å². The normalized spacial score (nSPS) is 13.5. The molecular weight excluding hydrogens is 306 g/mol. The molecule has 7 heteroatoms. The van der Waals surface area contributed by atoms with E-state index in [-0.39, 0.29) is 5.92 Å². The zero-order valence-corrected chi connectivity index (χ0v) is 14.4. The van der Waals surface area contributed by atoms with Gasteiger partial charge in [-0.1, -0.05) is 6.92 Å². The van der Waals surface area contributed by atoms with Crippen molar-refractivity contribution in [3.8, 4) is 0 Å². The Morgan fingerprint density at radius 2 is 2.05 bits per heavy atom. The fourth-order valence-electron chi connectivity index (χ4n) is 2.10. The molecule has 0 radical (unpaired) electrons. The van der Waals surface area contributed by atoms with Crippen LogP contribution in [0.1, 0.15) is 23.2 Å². The van der Waals surface area contributed by atoms with Gasteiger partial charge in [-0.15, -0.1) is 11.3 Å². The van der Waals surface area contributed by atoms with Gasteiger partial charge >= 0.3 is 0 Å². The minimum atomic E-state index is -3.39. The molecule has 0 aliphatic carbocycles. The van der Waals surface area contributed by atoms with Gasteiger partial charge in [0.2, 0.25) is 10.0 Å². The van der Waals surface area contributed by atoms with E-state index in [2.05, 4.69) is 9.82 Å². The number of hydrogen-bond donors (Lipinski definition) is 1. The molecule has 0 saturated carbocycles. The highest BCUT2D eigenvalue weighted by molar-refractivity contribution is 7.91. The Morgan fingerprint density at radius 3 is 2.57 bits per heavy atom. The van der Waals surface area contributed by atoms with Gasteiger partial charge in [0.15, 0.2) is 0 Å². The van der Waals surface area contributed by atoms with Gasteiger partial charge in [0.1, 0.15) is 4.21 Å². The Kier molecular flexibility index (Phi) is 4.85. The summed E-state index contributed by atoms with van der Waals surface area (Å²) in [4.78, 5) is 0.992. The molecule has 0 amide bonds. The van der Waals surface area contributed by atoms with Crippen LogP contribution in [0.2, 0.25) is 0 Å². The van der Waals surface area contributed by atoms with Crippen molar-refractivity contribution in [2.75, 3.05) is 6.54 Å². The first-order chi connectivity index (χ1) is 9.78. The van der Waals surface area contributed by atoms with E-state index >= 15 is 0 Å². The first kappa shape index (κ1) is 16.2. The van der Waals surface area contributed by atoms with Crippen LogP contribution in [0.5, 0.6) is 0 Å². The number of nitrogens with one attached hydrogen (secondary N) is 1. The van der Waals surface area contributed by atoms with Gasteiger partial charge in [0.05, 0.1) is 5.69 Å². The Balaban J connectivity index is 1.95. The molecular formula is C14H21N3O2S2. The monoisotopic (exact) mass is 327 g/mol. The van der Waals surface area contributed by atoms with Crippen molar-refractivity contribution >= 4 is 21.4 Å². The molecule has 2 rings (SSSR count). The quantitative estimate of drug-likeness (QED) is 0.886. The van der Waals surface area contributed by atoms with Gasteiger partial charge in [-0.05, 0) is 44.9 Å². The van der Waals surface area contributed by atoms with E-state index in [0.29, 0.717) is 17.3 Å². The molecule has 5 nitrogen and oxygen atoms in total. The number of nitrogens with zero attached hydrogens (tertiary/aromatic N) is 2. The van der Waals surface area contributed by atoms with Crippen molar-refractivity contribution in [2.24, 2.45) is 5.92 Å². The van der Waals surface area contributed by atoms with Crippen molar-refractivity contribution in [1.29, 1.82) is 0 Å². The molecule has 0 unspecified atom stereocenters. The lowest BCUT2D eigenvalue weighted by molar-refractivity contribution is 0.436. The molecule has 1 N–H and O–H groups in total. The van der Waals surface area contributed by atoms with Crippen molar-refractivity contribution in [3.05, 3.63) is 34.5 Å². The highest BCUT2D eigenvalue weighted by Gasteiger charge is 2.17. The lowest BCUT2D eigenvalue weighted by Crippen LogP contribution is -2.30. The molecule has 2 heterocycles. The molecule has 0 aromatic carbocycles. The fraction of sp³-hybridized carbons (Fsp3) is 0.500. The number of aromatic nitrogens is 2. The first-order valence-electron chi connectivity index (χ1n) is 6.85. The predicted molar refractivity (Wildman–Crippen MR) is 85.1 cm³/mol. The second-order valence-electron chi connectivity index (χ2n) is 5.43. The zero-order chi connectivity index (χ0) is 15.6. The van der Waals surface area contributed by atoms with Crippen LogP contribution in [-0.2, 0) is 16.6 Å². The molecule has 0 fully saturated rings. The third kappa shape index (κ3) is 4.15. The number of rotatable bonds is 6. The summed E-state index contributed by atoms with van der Waals surface area (Å²) in [6.45, 7) is 8.97. The third-order valence-corrected chi connectivity index (χ3v) is 6.11. The van der Waals surface area contributed by atoms with Crippen LogP contribution in [0.15, 0.2) is 22.4 Å². The number of aryl methyl sites for hydroxylation is 3. The molecule has 2 aromatic rings. The largest absolute Gasteiger partial charge is 0.269 e. The second-order valence-corrected chi connectivity index (χ2v) is 8.71. The molecule has 116 valence electrons. The van der Waals surface area contributed by atoms with Crippen molar-refractivity contribution in [1.82, 2.24) is 14.5 Å². The van der Waals surface area contributed by atoms with E-state index in [1.165, 1.54) is 11.3 Å². The zero-order valence-electron chi connectivity index (χ0n) is 12.8. The maximum Gasteiger partial charge on any atom is 0.250 e. The fourth-order valence-corrected chi connectivity index (χ4v) is 4.59. The van der Waals surface area contributed by atoms with E-state index in [1.54, 1.807) is 6.07 Å². The maximum atomic E-state index is 12.2. The Hall–Kier alpha value is -1.18. The molecule has 0 aliphatic heterocycles. The molecule has 21 heavy (non-hydrogen) atoms. The highest BCUT2D eigenvalue weighted by atomic mass is 32.2. The number of thiophene rings is 1. The van der Waals surface area contributed by atoms with E-state index < -0.39 is 10.0 Å². The summed E-state index contributed by atoms with van der Waals surface area (Å²) in [5.41, 5.74) is 2.07. The maximum absolute atomic E-state index is 12.2. The van der Waals surface area contributed by atoms with Gasteiger partial charge in [0.25, 0.3) is 0 Å². The summed E-state index contributed by atoms with van der Waals surface area (Å²) in [5, 5.41) is 4.40. The van der Waals surface area contributed by atoms with Gasteiger partial charge < -0.3 is 0 Å². The van der Waals surface area contributed by atoms with Crippen LogP contribution in [0.3, 0.4) is 0 Å². The average molecular weight is 327 g/mol. The lowest BCUT2D eigenvalue weighted by atomic mass is 10.2. The predicted octanol–water partition coefficient (Wildman–Crippen LogP) is 2.48. The second kappa shape index (κ2) is 6.29. The molecule has 0 spiro atoms. The molecule has 2 aromatic heterocycles. The Labute approximate surface area is 130 Å². The summed E-state index contributed by atoms with van der Waals surface area (Å²) in [7, 11) is -3.39. The third-order valence-electron chi connectivity index (χ3n) is 3.19. The van der Waals surface area contributed by atoms with E-state index in [9.17, 15) is 8.42 Å². The minimum Gasteiger partial charge on any atom is -0.269 e. The standard InChI is InChI=1S/C14H21N3O2S2/c1-10(9-17-12(3)7-11(2)16-17)8-15-21(18,19)14-6-5-13(4)20-14/h5-7,10,15H,8-9H2,1-4H3/t10-/m0/s1. The smallest absolute Gasteiger partial charge is 0.250 e. The van der Waals surface area contributed by atoms with Crippen LogP contribution in [0, 0.1) is 26.7 Å². The SMILES string of the molecule is Cc1cc(C)n(C[C@@H](C)CNS(=O)(=O)c2ccc(C)s2)n1. The first-order valence-corrected chi connectivity index (χ1v) is 9.15. The summed E-state index contributed by atoms with van der Waals surface area (Å²) < 4.78 is 29.3. The number of sulfonamides is 1. The topological polar surface area (TPSA) is 64.0 Å². The van der Waals surface area contributed by atoms with E-state index in [4.69, 9.17) is 0 Å². The van der Waals surface area contributed by atoms with Crippen molar-refractivity contribution < 1.29 is 8.42 Å². The average Bonchev–Trinajstić information content (AvgIpc) is 2.94. The van der Waals surface area contributed by atoms with Crippen LogP contribution < -0.4 is 4.72 Å². The van der Waals surface area contributed by atoms with Gasteiger partial charge in [-0.25, -0.2) is 13.1 Å². The molecule has 1 atom stereocenters. The summed E-state index contributed by atoms with van der Waals surface area (Å²) in [6, 6.07) is 5.48. The highest BCUT2D eigenvalue weighted by Crippen LogP contribution is 2.20. The molecule has 0 aliphatic rings. The Bertz CT molecular complexity index is 716. The van der Waals surface area contributed by atoms with Crippen LogP contribution in [0.25, 0.3) is 0 Å². The summed E-state index contributed by atoms with van der Waals surface area (Å²) in [6.07, 6.45) is 0. The van der Waals surface area contributed by atoms with Gasteiger partial charge in [-0.3, -0.25) is 4.68 Å². The Morgan fingerprint density at radius 1 is 1.33 bits per heavy atom. The van der Waals surface area contributed by atoms with Crippen LogP contribution in [0.4, 0.5) is 0 Å².